The van der Waals surface area contributed by atoms with Crippen LogP contribution in [0, 0.1) is 5.92 Å². The number of halogens is 1. The minimum absolute atomic E-state index is 0.0145. The summed E-state index contributed by atoms with van der Waals surface area (Å²) >= 11 is 5.95. The molecule has 0 radical (unpaired) electrons. The van der Waals surface area contributed by atoms with Gasteiger partial charge in [0.2, 0.25) is 0 Å². The van der Waals surface area contributed by atoms with Gasteiger partial charge in [0.15, 0.2) is 12.2 Å². The molecule has 0 aliphatic carbocycles. The Bertz CT molecular complexity index is 606. The van der Waals surface area contributed by atoms with Crippen LogP contribution in [0.1, 0.15) is 20.8 Å². The predicted molar refractivity (Wildman–Crippen MR) is 89.3 cm³/mol. The molecule has 0 aromatic heterocycles. The van der Waals surface area contributed by atoms with Gasteiger partial charge in [-0.3, -0.25) is 4.79 Å². The van der Waals surface area contributed by atoms with Crippen molar-refractivity contribution in [1.29, 1.82) is 0 Å². The number of carboxylic acids is 1. The quantitative estimate of drug-likeness (QED) is 0.878. The topological polar surface area (TPSA) is 76.1 Å². The molecule has 1 aliphatic rings. The summed E-state index contributed by atoms with van der Waals surface area (Å²) in [5.74, 6) is -0.897. The predicted octanol–water partition coefficient (Wildman–Crippen LogP) is 2.44. The molecule has 0 bridgehead atoms. The Hall–Kier alpha value is -1.79. The average molecular weight is 356 g/mol. The first-order valence-corrected chi connectivity index (χ1v) is 8.25. The summed E-state index contributed by atoms with van der Waals surface area (Å²) in [6.45, 7) is 5.86. The number of ether oxygens (including phenoxy) is 2. The molecular formula is C17H22ClNO5. The lowest BCUT2D eigenvalue weighted by atomic mass is 10.0. The molecule has 1 aromatic rings. The highest BCUT2D eigenvalue weighted by Gasteiger charge is 2.37. The zero-order chi connectivity index (χ0) is 17.9. The van der Waals surface area contributed by atoms with E-state index in [-0.39, 0.29) is 24.5 Å². The Morgan fingerprint density at radius 3 is 2.67 bits per heavy atom. The number of morpholine rings is 1. The molecule has 1 saturated heterocycles. The van der Waals surface area contributed by atoms with Crippen molar-refractivity contribution in [1.82, 2.24) is 4.90 Å². The molecule has 1 heterocycles. The molecule has 1 fully saturated rings. The zero-order valence-corrected chi connectivity index (χ0v) is 14.7. The van der Waals surface area contributed by atoms with Crippen molar-refractivity contribution < 1.29 is 24.2 Å². The second kappa shape index (κ2) is 7.85. The summed E-state index contributed by atoms with van der Waals surface area (Å²) in [5, 5.41) is 9.68. The Kier molecular flexibility index (Phi) is 6.07. The average Bonchev–Trinajstić information content (AvgIpc) is 2.51. The molecule has 0 spiro atoms. The largest absolute Gasteiger partial charge is 0.480 e. The van der Waals surface area contributed by atoms with Crippen LogP contribution in [0.25, 0.3) is 0 Å². The number of hydrogen-bond donors (Lipinski definition) is 1. The highest BCUT2D eigenvalue weighted by atomic mass is 35.5. The third kappa shape index (κ3) is 4.61. The standard InChI is InChI=1S/C17H22ClNO5/c1-10(2)15(24-13-6-4-5-12(18)7-13)16(20)19-8-11(3)23-14(9-19)17(21)22/h4-7,10-11,14-15H,8-9H2,1-3H3,(H,21,22)/t11-,14?,15?/m1/s1. The van der Waals surface area contributed by atoms with E-state index in [1.807, 2.05) is 13.8 Å². The van der Waals surface area contributed by atoms with Crippen molar-refractivity contribution in [2.45, 2.75) is 39.1 Å². The number of aliphatic carboxylic acids is 1. The number of carbonyl (C=O) groups excluding carboxylic acids is 1. The van der Waals surface area contributed by atoms with E-state index in [0.29, 0.717) is 17.3 Å². The van der Waals surface area contributed by atoms with Crippen LogP contribution in [0.2, 0.25) is 5.02 Å². The fourth-order valence-electron chi connectivity index (χ4n) is 2.61. The van der Waals surface area contributed by atoms with Crippen molar-refractivity contribution in [3.8, 4) is 5.75 Å². The lowest BCUT2D eigenvalue weighted by Gasteiger charge is -2.37. The Labute approximate surface area is 146 Å². The summed E-state index contributed by atoms with van der Waals surface area (Å²) in [7, 11) is 0. The monoisotopic (exact) mass is 355 g/mol. The Morgan fingerprint density at radius 2 is 2.08 bits per heavy atom. The highest BCUT2D eigenvalue weighted by molar-refractivity contribution is 6.30. The summed E-state index contributed by atoms with van der Waals surface area (Å²) < 4.78 is 11.2. The summed E-state index contributed by atoms with van der Waals surface area (Å²) in [6.07, 6.45) is -2.08. The maximum absolute atomic E-state index is 12.9. The SMILES string of the molecule is CC(C)C(Oc1cccc(Cl)c1)C(=O)N1CC(C(=O)O)O[C@H](C)C1. The molecule has 24 heavy (non-hydrogen) atoms. The van der Waals surface area contributed by atoms with Crippen molar-refractivity contribution in [3.63, 3.8) is 0 Å². The summed E-state index contributed by atoms with van der Waals surface area (Å²) in [4.78, 5) is 25.6. The number of amides is 1. The van der Waals surface area contributed by atoms with Gasteiger partial charge < -0.3 is 19.5 Å². The van der Waals surface area contributed by atoms with Crippen LogP contribution < -0.4 is 4.74 Å². The van der Waals surface area contributed by atoms with E-state index in [9.17, 15) is 9.59 Å². The summed E-state index contributed by atoms with van der Waals surface area (Å²) in [5.41, 5.74) is 0. The lowest BCUT2D eigenvalue weighted by Crippen LogP contribution is -2.55. The van der Waals surface area contributed by atoms with Crippen LogP contribution in [0.5, 0.6) is 5.75 Å². The highest BCUT2D eigenvalue weighted by Crippen LogP contribution is 2.22. The molecule has 1 N–H and O–H groups in total. The van der Waals surface area contributed by atoms with Crippen molar-refractivity contribution in [3.05, 3.63) is 29.3 Å². The number of benzene rings is 1. The fraction of sp³-hybridized carbons (Fsp3) is 0.529. The normalized spacial score (nSPS) is 22.3. The number of carboxylic acid groups (broad SMARTS) is 1. The van der Waals surface area contributed by atoms with E-state index >= 15 is 0 Å². The van der Waals surface area contributed by atoms with Gasteiger partial charge in [0, 0.05) is 11.6 Å². The molecule has 132 valence electrons. The van der Waals surface area contributed by atoms with E-state index in [2.05, 4.69) is 0 Å². The first-order valence-electron chi connectivity index (χ1n) is 7.87. The second-order valence-corrected chi connectivity index (χ2v) is 6.69. The third-order valence-electron chi connectivity index (χ3n) is 3.76. The molecule has 2 unspecified atom stereocenters. The van der Waals surface area contributed by atoms with Gasteiger partial charge in [0.1, 0.15) is 5.75 Å². The molecule has 1 aromatic carbocycles. The zero-order valence-electron chi connectivity index (χ0n) is 13.9. The number of nitrogens with zero attached hydrogens (tertiary/aromatic N) is 1. The van der Waals surface area contributed by atoms with Gasteiger partial charge in [-0.05, 0) is 31.0 Å². The van der Waals surface area contributed by atoms with Gasteiger partial charge in [-0.2, -0.15) is 0 Å². The van der Waals surface area contributed by atoms with E-state index in [1.165, 1.54) is 4.90 Å². The third-order valence-corrected chi connectivity index (χ3v) is 3.99. The van der Waals surface area contributed by atoms with Crippen LogP contribution in [-0.2, 0) is 14.3 Å². The number of hydrogen-bond acceptors (Lipinski definition) is 4. The van der Waals surface area contributed by atoms with Gasteiger partial charge >= 0.3 is 5.97 Å². The second-order valence-electron chi connectivity index (χ2n) is 6.26. The van der Waals surface area contributed by atoms with Crippen LogP contribution in [0.15, 0.2) is 24.3 Å². The van der Waals surface area contributed by atoms with Gasteiger partial charge in [-0.1, -0.05) is 31.5 Å². The maximum atomic E-state index is 12.9. The minimum atomic E-state index is -1.07. The first kappa shape index (κ1) is 18.5. The van der Waals surface area contributed by atoms with Gasteiger partial charge in [0.25, 0.3) is 5.91 Å². The van der Waals surface area contributed by atoms with Crippen LogP contribution in [0.4, 0.5) is 0 Å². The summed E-state index contributed by atoms with van der Waals surface area (Å²) in [6, 6.07) is 6.85. The van der Waals surface area contributed by atoms with E-state index in [0.717, 1.165) is 0 Å². The molecule has 6 nitrogen and oxygen atoms in total. The smallest absolute Gasteiger partial charge is 0.334 e. The number of carbonyl (C=O) groups is 2. The molecular weight excluding hydrogens is 334 g/mol. The Balaban J connectivity index is 2.14. The minimum Gasteiger partial charge on any atom is -0.480 e. The van der Waals surface area contributed by atoms with E-state index in [1.54, 1.807) is 31.2 Å². The van der Waals surface area contributed by atoms with Gasteiger partial charge in [-0.25, -0.2) is 4.79 Å². The van der Waals surface area contributed by atoms with Crippen molar-refractivity contribution >= 4 is 23.5 Å². The number of rotatable bonds is 5. The Morgan fingerprint density at radius 1 is 1.38 bits per heavy atom. The van der Waals surface area contributed by atoms with Gasteiger partial charge in [0.05, 0.1) is 12.6 Å². The molecule has 2 rings (SSSR count). The van der Waals surface area contributed by atoms with Crippen molar-refractivity contribution in [2.75, 3.05) is 13.1 Å². The lowest BCUT2D eigenvalue weighted by molar-refractivity contribution is -0.169. The molecule has 1 aliphatic heterocycles. The first-order chi connectivity index (χ1) is 11.3. The molecule has 0 saturated carbocycles. The molecule has 7 heteroatoms. The van der Waals surface area contributed by atoms with Gasteiger partial charge in [-0.15, -0.1) is 0 Å². The van der Waals surface area contributed by atoms with E-state index in [4.69, 9.17) is 26.2 Å². The van der Waals surface area contributed by atoms with E-state index < -0.39 is 18.2 Å². The van der Waals surface area contributed by atoms with Crippen LogP contribution in [-0.4, -0.2) is 53.3 Å². The molecule has 1 amide bonds. The van der Waals surface area contributed by atoms with Crippen LogP contribution >= 0.6 is 11.6 Å². The fourth-order valence-corrected chi connectivity index (χ4v) is 2.79. The molecule has 3 atom stereocenters. The van der Waals surface area contributed by atoms with Crippen LogP contribution in [0.3, 0.4) is 0 Å². The maximum Gasteiger partial charge on any atom is 0.334 e. The van der Waals surface area contributed by atoms with Crippen molar-refractivity contribution in [2.24, 2.45) is 5.92 Å².